The molecule has 0 saturated heterocycles. The average molecular weight is 448 g/mol. The van der Waals surface area contributed by atoms with Gasteiger partial charge in [0.2, 0.25) is 10.0 Å². The van der Waals surface area contributed by atoms with Crippen LogP contribution in [0.3, 0.4) is 0 Å². The maximum atomic E-state index is 14.1. The third-order valence-electron chi connectivity index (χ3n) is 5.43. The van der Waals surface area contributed by atoms with Crippen LogP contribution in [-0.4, -0.2) is 29.0 Å². The summed E-state index contributed by atoms with van der Waals surface area (Å²) < 4.78 is 62.4. The van der Waals surface area contributed by atoms with Gasteiger partial charge in [0.15, 0.2) is 0 Å². The summed E-state index contributed by atoms with van der Waals surface area (Å²) in [6.45, 7) is 2.83. The Bertz CT molecular complexity index is 1210. The molecule has 31 heavy (non-hydrogen) atoms. The first kappa shape index (κ1) is 21.6. The Kier molecular flexibility index (Phi) is 5.92. The molecule has 0 saturated carbocycles. The van der Waals surface area contributed by atoms with Crippen molar-refractivity contribution in [3.05, 3.63) is 82.2 Å². The zero-order valence-corrected chi connectivity index (χ0v) is 18.1. The van der Waals surface area contributed by atoms with Gasteiger partial charge in [0.1, 0.15) is 16.5 Å². The van der Waals surface area contributed by atoms with Crippen LogP contribution < -0.4 is 0 Å². The molecular formula is C22H23F2N3O3S. The number of hydrogen-bond acceptors (Lipinski definition) is 4. The van der Waals surface area contributed by atoms with E-state index in [-0.39, 0.29) is 19.7 Å². The van der Waals surface area contributed by atoms with Crippen molar-refractivity contribution < 1.29 is 21.9 Å². The standard InChI is InChI=1S/C22H23F2N3O3S/c1-15-3-5-16(6-4-15)13-30-14-20-18-12-27(10-9-21(18)26(2)25-20)31(28,29)22-11-17(23)7-8-19(22)24/h3-8,11H,9-10,12-14H2,1-2H3. The number of rotatable bonds is 6. The quantitative estimate of drug-likeness (QED) is 0.581. The summed E-state index contributed by atoms with van der Waals surface area (Å²) in [5, 5.41) is 4.49. The van der Waals surface area contributed by atoms with Gasteiger partial charge in [0.05, 0.1) is 18.9 Å². The summed E-state index contributed by atoms with van der Waals surface area (Å²) in [7, 11) is -2.39. The molecule has 2 heterocycles. The van der Waals surface area contributed by atoms with Gasteiger partial charge in [-0.05, 0) is 30.7 Å². The van der Waals surface area contributed by atoms with E-state index < -0.39 is 26.6 Å². The molecule has 164 valence electrons. The number of benzene rings is 2. The number of aromatic nitrogens is 2. The second-order valence-electron chi connectivity index (χ2n) is 7.64. The highest BCUT2D eigenvalue weighted by Crippen LogP contribution is 2.29. The predicted octanol–water partition coefficient (Wildman–Crippen LogP) is 3.47. The van der Waals surface area contributed by atoms with E-state index in [4.69, 9.17) is 4.74 Å². The van der Waals surface area contributed by atoms with E-state index in [1.807, 2.05) is 31.2 Å². The van der Waals surface area contributed by atoms with Gasteiger partial charge in [-0.3, -0.25) is 4.68 Å². The van der Waals surface area contributed by atoms with E-state index in [1.54, 1.807) is 11.7 Å². The Morgan fingerprint density at radius 3 is 2.58 bits per heavy atom. The van der Waals surface area contributed by atoms with Crippen molar-refractivity contribution in [1.82, 2.24) is 14.1 Å². The normalized spacial score (nSPS) is 14.6. The Morgan fingerprint density at radius 2 is 1.84 bits per heavy atom. The highest BCUT2D eigenvalue weighted by atomic mass is 32.2. The number of fused-ring (bicyclic) bond motifs is 1. The third-order valence-corrected chi connectivity index (χ3v) is 7.29. The van der Waals surface area contributed by atoms with E-state index >= 15 is 0 Å². The molecular weight excluding hydrogens is 424 g/mol. The summed E-state index contributed by atoms with van der Waals surface area (Å²) in [5.41, 5.74) is 4.50. The van der Waals surface area contributed by atoms with Gasteiger partial charge in [0, 0.05) is 37.8 Å². The second kappa shape index (κ2) is 8.49. The van der Waals surface area contributed by atoms with Gasteiger partial charge in [-0.25, -0.2) is 17.2 Å². The molecule has 0 fully saturated rings. The molecule has 0 atom stereocenters. The summed E-state index contributed by atoms with van der Waals surface area (Å²) in [6.07, 6.45) is 0.424. The molecule has 0 bridgehead atoms. The number of ether oxygens (including phenoxy) is 1. The first-order chi connectivity index (χ1) is 14.8. The molecule has 1 aliphatic heterocycles. The van der Waals surface area contributed by atoms with Gasteiger partial charge in [-0.2, -0.15) is 9.40 Å². The summed E-state index contributed by atoms with van der Waals surface area (Å²) in [6, 6.07) is 10.4. The minimum absolute atomic E-state index is 0.0324. The van der Waals surface area contributed by atoms with Gasteiger partial charge in [-0.15, -0.1) is 0 Å². The van der Waals surface area contributed by atoms with Gasteiger partial charge in [0.25, 0.3) is 0 Å². The minimum atomic E-state index is -4.19. The molecule has 0 unspecified atom stereocenters. The molecule has 0 radical (unpaired) electrons. The first-order valence-corrected chi connectivity index (χ1v) is 11.3. The van der Waals surface area contributed by atoms with Crippen LogP contribution in [0.4, 0.5) is 8.78 Å². The van der Waals surface area contributed by atoms with Crippen LogP contribution in [0.5, 0.6) is 0 Å². The number of aryl methyl sites for hydroxylation is 2. The van der Waals surface area contributed by atoms with E-state index in [0.29, 0.717) is 18.7 Å². The molecule has 0 N–H and O–H groups in total. The number of sulfonamides is 1. The Hall–Kier alpha value is -2.62. The lowest BCUT2D eigenvalue weighted by atomic mass is 10.1. The number of hydrogen-bond donors (Lipinski definition) is 0. The lowest BCUT2D eigenvalue weighted by Gasteiger charge is -2.27. The van der Waals surface area contributed by atoms with Crippen molar-refractivity contribution >= 4 is 10.0 Å². The van der Waals surface area contributed by atoms with Crippen LogP contribution in [0.15, 0.2) is 47.4 Å². The number of halogens is 2. The summed E-state index contributed by atoms with van der Waals surface area (Å²) >= 11 is 0. The highest BCUT2D eigenvalue weighted by molar-refractivity contribution is 7.89. The average Bonchev–Trinajstić information content (AvgIpc) is 3.06. The van der Waals surface area contributed by atoms with Gasteiger partial charge < -0.3 is 4.74 Å². The van der Waals surface area contributed by atoms with E-state index in [0.717, 1.165) is 35.0 Å². The van der Waals surface area contributed by atoms with Gasteiger partial charge in [-0.1, -0.05) is 29.8 Å². The fraction of sp³-hybridized carbons (Fsp3) is 0.318. The fourth-order valence-electron chi connectivity index (χ4n) is 3.73. The molecule has 2 aromatic carbocycles. The van der Waals surface area contributed by atoms with Crippen LogP contribution in [-0.2, 0) is 48.0 Å². The first-order valence-electron chi connectivity index (χ1n) is 9.88. The topological polar surface area (TPSA) is 64.4 Å². The van der Waals surface area contributed by atoms with Crippen LogP contribution in [0.25, 0.3) is 0 Å². The number of nitrogens with zero attached hydrogens (tertiary/aromatic N) is 3. The molecule has 9 heteroatoms. The monoisotopic (exact) mass is 447 g/mol. The zero-order chi connectivity index (χ0) is 22.2. The van der Waals surface area contributed by atoms with Gasteiger partial charge >= 0.3 is 0 Å². The molecule has 6 nitrogen and oxygen atoms in total. The van der Waals surface area contributed by atoms with Crippen molar-refractivity contribution in [3.8, 4) is 0 Å². The second-order valence-corrected chi connectivity index (χ2v) is 9.54. The van der Waals surface area contributed by atoms with E-state index in [1.165, 1.54) is 9.87 Å². The molecule has 4 rings (SSSR count). The largest absolute Gasteiger partial charge is 0.370 e. The molecule has 0 spiro atoms. The Balaban J connectivity index is 1.53. The lowest BCUT2D eigenvalue weighted by Crippen LogP contribution is -2.37. The summed E-state index contributed by atoms with van der Waals surface area (Å²) in [5.74, 6) is -1.77. The van der Waals surface area contributed by atoms with E-state index in [9.17, 15) is 17.2 Å². The van der Waals surface area contributed by atoms with Crippen LogP contribution in [0, 0.1) is 18.6 Å². The van der Waals surface area contributed by atoms with Crippen LogP contribution in [0.1, 0.15) is 28.1 Å². The Morgan fingerprint density at radius 1 is 1.10 bits per heavy atom. The van der Waals surface area contributed by atoms with Crippen molar-refractivity contribution in [2.75, 3.05) is 6.54 Å². The molecule has 0 aliphatic carbocycles. The Labute approximate surface area is 180 Å². The maximum Gasteiger partial charge on any atom is 0.246 e. The van der Waals surface area contributed by atoms with Crippen molar-refractivity contribution in [2.45, 2.75) is 38.0 Å². The lowest BCUT2D eigenvalue weighted by molar-refractivity contribution is 0.103. The third kappa shape index (κ3) is 4.39. The van der Waals surface area contributed by atoms with Crippen LogP contribution >= 0.6 is 0 Å². The highest BCUT2D eigenvalue weighted by Gasteiger charge is 2.33. The molecule has 1 aromatic heterocycles. The minimum Gasteiger partial charge on any atom is -0.370 e. The van der Waals surface area contributed by atoms with E-state index in [2.05, 4.69) is 5.10 Å². The zero-order valence-electron chi connectivity index (χ0n) is 17.3. The van der Waals surface area contributed by atoms with Crippen LogP contribution in [0.2, 0.25) is 0 Å². The predicted molar refractivity (Wildman–Crippen MR) is 111 cm³/mol. The van der Waals surface area contributed by atoms with Crippen molar-refractivity contribution in [1.29, 1.82) is 0 Å². The fourth-order valence-corrected chi connectivity index (χ4v) is 5.21. The maximum absolute atomic E-state index is 14.1. The molecule has 1 aliphatic rings. The van der Waals surface area contributed by atoms with Crippen molar-refractivity contribution in [3.63, 3.8) is 0 Å². The SMILES string of the molecule is Cc1ccc(COCc2nn(C)c3c2CN(S(=O)(=O)c2cc(F)ccc2F)CC3)cc1. The molecule has 0 amide bonds. The smallest absolute Gasteiger partial charge is 0.246 e. The molecule has 3 aromatic rings. The van der Waals surface area contributed by atoms with Crippen molar-refractivity contribution in [2.24, 2.45) is 7.05 Å². The summed E-state index contributed by atoms with van der Waals surface area (Å²) in [4.78, 5) is -0.656.